The van der Waals surface area contributed by atoms with Gasteiger partial charge in [-0.15, -0.1) is 23.5 Å². The Balaban J connectivity index is 1.46. The number of amides is 2. The van der Waals surface area contributed by atoms with E-state index in [1.807, 2.05) is 47.8 Å². The van der Waals surface area contributed by atoms with Crippen LogP contribution in [0, 0.1) is 0 Å². The van der Waals surface area contributed by atoms with E-state index >= 15 is 0 Å². The van der Waals surface area contributed by atoms with Crippen molar-refractivity contribution in [3.63, 3.8) is 0 Å². The van der Waals surface area contributed by atoms with E-state index in [0.717, 1.165) is 0 Å². The van der Waals surface area contributed by atoms with E-state index in [-0.39, 0.29) is 11.8 Å². The fourth-order valence-electron chi connectivity index (χ4n) is 2.83. The molecule has 0 aromatic heterocycles. The molecule has 2 aromatic carbocycles. The summed E-state index contributed by atoms with van der Waals surface area (Å²) in [6, 6.07) is 13.0. The predicted molar refractivity (Wildman–Crippen MR) is 107 cm³/mol. The van der Waals surface area contributed by atoms with E-state index in [4.69, 9.17) is 4.74 Å². The molecule has 1 atom stereocenters. The fraction of sp³-hybridized carbons (Fsp3) is 0.263. The van der Waals surface area contributed by atoms with E-state index in [2.05, 4.69) is 10.6 Å². The van der Waals surface area contributed by atoms with Gasteiger partial charge in [-0.1, -0.05) is 12.1 Å². The van der Waals surface area contributed by atoms with Crippen molar-refractivity contribution in [2.24, 2.45) is 0 Å². The highest BCUT2D eigenvalue weighted by Crippen LogP contribution is 2.45. The van der Waals surface area contributed by atoms with Crippen LogP contribution in [-0.2, 0) is 4.79 Å². The Kier molecular flexibility index (Phi) is 4.82. The molecule has 1 saturated heterocycles. The molecule has 134 valence electrons. The molecule has 2 amide bonds. The average Bonchev–Trinajstić information content (AvgIpc) is 3.18. The maximum Gasteiger partial charge on any atom is 0.265 e. The molecule has 0 radical (unpaired) electrons. The van der Waals surface area contributed by atoms with Gasteiger partial charge in [0.25, 0.3) is 11.8 Å². The quantitative estimate of drug-likeness (QED) is 0.830. The topological polar surface area (TPSA) is 67.4 Å². The zero-order valence-electron chi connectivity index (χ0n) is 14.2. The predicted octanol–water partition coefficient (Wildman–Crippen LogP) is 4.14. The van der Waals surface area contributed by atoms with Gasteiger partial charge in [0.05, 0.1) is 10.3 Å². The Morgan fingerprint density at radius 3 is 2.62 bits per heavy atom. The molecule has 0 aliphatic carbocycles. The lowest BCUT2D eigenvalue weighted by atomic mass is 10.1. The van der Waals surface area contributed by atoms with Crippen molar-refractivity contribution in [1.29, 1.82) is 0 Å². The molecular weight excluding hydrogens is 368 g/mol. The minimum atomic E-state index is -0.516. The van der Waals surface area contributed by atoms with E-state index in [1.54, 1.807) is 25.1 Å². The Morgan fingerprint density at radius 1 is 1.15 bits per heavy atom. The summed E-state index contributed by atoms with van der Waals surface area (Å²) in [6.07, 6.45) is -0.516. The minimum Gasteiger partial charge on any atom is -0.479 e. The fourth-order valence-corrected chi connectivity index (χ4v) is 5.69. The normalized spacial score (nSPS) is 19.4. The van der Waals surface area contributed by atoms with Gasteiger partial charge in [0, 0.05) is 22.8 Å². The number of rotatable bonds is 3. The monoisotopic (exact) mass is 386 g/mol. The first kappa shape index (κ1) is 17.3. The third kappa shape index (κ3) is 3.54. The number of hydrogen-bond donors (Lipinski definition) is 2. The van der Waals surface area contributed by atoms with Crippen LogP contribution in [0.1, 0.15) is 27.4 Å². The maximum atomic E-state index is 12.5. The Bertz CT molecular complexity index is 848. The van der Waals surface area contributed by atoms with Crippen molar-refractivity contribution in [3.8, 4) is 5.75 Å². The van der Waals surface area contributed by atoms with Gasteiger partial charge in [-0.25, -0.2) is 0 Å². The molecule has 26 heavy (non-hydrogen) atoms. The van der Waals surface area contributed by atoms with Gasteiger partial charge in [-0.05, 0) is 42.8 Å². The first-order valence-corrected chi connectivity index (χ1v) is 10.5. The summed E-state index contributed by atoms with van der Waals surface area (Å²) in [7, 11) is 0. The van der Waals surface area contributed by atoms with E-state index in [1.165, 1.54) is 17.1 Å². The summed E-state index contributed by atoms with van der Waals surface area (Å²) < 4.78 is 5.99. The van der Waals surface area contributed by atoms with Gasteiger partial charge >= 0.3 is 0 Å². The van der Waals surface area contributed by atoms with Gasteiger partial charge in [0.15, 0.2) is 6.10 Å². The van der Waals surface area contributed by atoms with E-state index in [9.17, 15) is 9.59 Å². The number of thioether (sulfide) groups is 2. The molecule has 2 heterocycles. The molecule has 1 fully saturated rings. The zero-order chi connectivity index (χ0) is 18.1. The molecule has 0 bridgehead atoms. The minimum absolute atomic E-state index is 0.181. The van der Waals surface area contributed by atoms with Crippen LogP contribution in [0.5, 0.6) is 5.75 Å². The van der Waals surface area contributed by atoms with Crippen LogP contribution in [-0.4, -0.2) is 29.4 Å². The highest BCUT2D eigenvalue weighted by molar-refractivity contribution is 8.19. The second-order valence-corrected chi connectivity index (χ2v) is 8.83. The Hall–Kier alpha value is -2.12. The molecule has 2 aromatic rings. The molecule has 4 rings (SSSR count). The van der Waals surface area contributed by atoms with Crippen LogP contribution in [0.25, 0.3) is 0 Å². The molecule has 7 heteroatoms. The SMILES string of the molecule is CC1Oc2ccc(NC(=O)c3ccc(C4SCCS4)cc3)cc2NC1=O. The number of fused-ring (bicyclic) bond motifs is 1. The molecule has 2 N–H and O–H groups in total. The molecule has 0 spiro atoms. The molecule has 5 nitrogen and oxygen atoms in total. The number of carbonyl (C=O) groups excluding carboxylic acids is 2. The average molecular weight is 386 g/mol. The van der Waals surface area contributed by atoms with Crippen molar-refractivity contribution in [3.05, 3.63) is 53.6 Å². The summed E-state index contributed by atoms with van der Waals surface area (Å²) in [5.74, 6) is 2.58. The van der Waals surface area contributed by atoms with Crippen molar-refractivity contribution in [2.75, 3.05) is 22.1 Å². The second kappa shape index (κ2) is 7.25. The second-order valence-electron chi connectivity index (χ2n) is 6.11. The number of nitrogens with one attached hydrogen (secondary N) is 2. The first-order valence-electron chi connectivity index (χ1n) is 8.36. The number of carbonyl (C=O) groups is 2. The van der Waals surface area contributed by atoms with Crippen LogP contribution in [0.2, 0.25) is 0 Å². The first-order chi connectivity index (χ1) is 12.6. The molecule has 0 saturated carbocycles. The van der Waals surface area contributed by atoms with Crippen molar-refractivity contribution >= 4 is 46.7 Å². The maximum absolute atomic E-state index is 12.5. The number of anilines is 2. The van der Waals surface area contributed by atoms with E-state index < -0.39 is 6.10 Å². The van der Waals surface area contributed by atoms with Crippen molar-refractivity contribution < 1.29 is 14.3 Å². The number of hydrogen-bond acceptors (Lipinski definition) is 5. The smallest absolute Gasteiger partial charge is 0.265 e. The summed E-state index contributed by atoms with van der Waals surface area (Å²) in [4.78, 5) is 24.2. The molecule has 2 aliphatic rings. The summed E-state index contributed by atoms with van der Waals surface area (Å²) in [6.45, 7) is 1.69. The Labute approximate surface area is 160 Å². The summed E-state index contributed by atoms with van der Waals surface area (Å²) >= 11 is 3.88. The highest BCUT2D eigenvalue weighted by atomic mass is 32.2. The van der Waals surface area contributed by atoms with Crippen LogP contribution in [0.4, 0.5) is 11.4 Å². The standard InChI is InChI=1S/C19H18N2O3S2/c1-11-17(22)21-15-10-14(6-7-16(15)24-11)20-18(23)12-2-4-13(5-3-12)19-25-8-9-26-19/h2-7,10-11,19H,8-9H2,1H3,(H,20,23)(H,21,22). The zero-order valence-corrected chi connectivity index (χ0v) is 15.8. The largest absolute Gasteiger partial charge is 0.479 e. The van der Waals surface area contributed by atoms with Crippen molar-refractivity contribution in [2.45, 2.75) is 17.6 Å². The summed E-state index contributed by atoms with van der Waals surface area (Å²) in [5, 5.41) is 5.65. The number of ether oxygens (including phenoxy) is 1. The molecule has 1 unspecified atom stereocenters. The van der Waals surface area contributed by atoms with Crippen LogP contribution in [0.3, 0.4) is 0 Å². The third-order valence-electron chi connectivity index (χ3n) is 4.24. The van der Waals surface area contributed by atoms with Gasteiger partial charge in [-0.3, -0.25) is 9.59 Å². The van der Waals surface area contributed by atoms with Gasteiger partial charge in [-0.2, -0.15) is 0 Å². The Morgan fingerprint density at radius 2 is 1.88 bits per heavy atom. The number of benzene rings is 2. The third-order valence-corrected chi connectivity index (χ3v) is 7.34. The van der Waals surface area contributed by atoms with Crippen LogP contribution >= 0.6 is 23.5 Å². The molecule has 2 aliphatic heterocycles. The lowest BCUT2D eigenvalue weighted by Gasteiger charge is -2.23. The van der Waals surface area contributed by atoms with Crippen molar-refractivity contribution in [1.82, 2.24) is 0 Å². The van der Waals surface area contributed by atoms with Crippen LogP contribution < -0.4 is 15.4 Å². The lowest BCUT2D eigenvalue weighted by Crippen LogP contribution is -2.34. The van der Waals surface area contributed by atoms with Gasteiger partial charge in [0.2, 0.25) is 0 Å². The van der Waals surface area contributed by atoms with Gasteiger partial charge < -0.3 is 15.4 Å². The van der Waals surface area contributed by atoms with Crippen LogP contribution in [0.15, 0.2) is 42.5 Å². The summed E-state index contributed by atoms with van der Waals surface area (Å²) in [5.41, 5.74) is 3.03. The highest BCUT2D eigenvalue weighted by Gasteiger charge is 2.24. The van der Waals surface area contributed by atoms with Gasteiger partial charge in [0.1, 0.15) is 5.75 Å². The lowest BCUT2D eigenvalue weighted by molar-refractivity contribution is -0.122. The molecular formula is C19H18N2O3S2. The van der Waals surface area contributed by atoms with E-state index in [0.29, 0.717) is 27.3 Å².